The summed E-state index contributed by atoms with van der Waals surface area (Å²) in [5, 5.41) is 3.78. The fraction of sp³-hybridized carbons (Fsp3) is 0.684. The predicted molar refractivity (Wildman–Crippen MR) is 94.6 cm³/mol. The van der Waals surface area contributed by atoms with Gasteiger partial charge in [-0.15, -0.1) is 17.9 Å². The molecule has 5 rings (SSSR count). The number of allylic oxidation sites excluding steroid dienone is 1. The Morgan fingerprint density at radius 1 is 1.30 bits per heavy atom. The zero-order valence-corrected chi connectivity index (χ0v) is 14.5. The number of amides is 1. The maximum atomic E-state index is 12.0. The molecule has 4 bridgehead atoms. The Morgan fingerprint density at radius 2 is 1.96 bits per heavy atom. The molecule has 4 heteroatoms. The van der Waals surface area contributed by atoms with E-state index in [4.69, 9.17) is 0 Å². The molecule has 0 radical (unpaired) electrons. The smallest absolute Gasteiger partial charge is 0.226 e. The van der Waals surface area contributed by atoms with Gasteiger partial charge in [0.15, 0.2) is 5.13 Å². The summed E-state index contributed by atoms with van der Waals surface area (Å²) < 4.78 is 0. The van der Waals surface area contributed by atoms with Crippen molar-refractivity contribution in [3.05, 3.63) is 23.7 Å². The molecule has 0 aromatic carbocycles. The first-order chi connectivity index (χ1) is 11.2. The topological polar surface area (TPSA) is 42.0 Å². The van der Waals surface area contributed by atoms with E-state index in [9.17, 15) is 4.79 Å². The van der Waals surface area contributed by atoms with Crippen LogP contribution in [0, 0.1) is 17.8 Å². The average molecular weight is 330 g/mol. The van der Waals surface area contributed by atoms with Crippen LogP contribution >= 0.6 is 11.3 Å². The number of hydrogen-bond acceptors (Lipinski definition) is 3. The number of nitrogens with zero attached hydrogens (tertiary/aromatic N) is 1. The lowest BCUT2D eigenvalue weighted by atomic mass is 9.49. The van der Waals surface area contributed by atoms with Gasteiger partial charge in [-0.1, -0.05) is 6.08 Å². The van der Waals surface area contributed by atoms with Crippen molar-refractivity contribution >= 4 is 22.4 Å². The molecule has 1 heterocycles. The van der Waals surface area contributed by atoms with Crippen LogP contribution in [0.3, 0.4) is 0 Å². The van der Waals surface area contributed by atoms with Gasteiger partial charge >= 0.3 is 0 Å². The summed E-state index contributed by atoms with van der Waals surface area (Å²) in [7, 11) is 0. The molecule has 0 aliphatic heterocycles. The van der Waals surface area contributed by atoms with Crippen LogP contribution in [0.5, 0.6) is 0 Å². The van der Waals surface area contributed by atoms with E-state index in [1.165, 1.54) is 43.4 Å². The van der Waals surface area contributed by atoms with Crippen molar-refractivity contribution in [3.8, 4) is 0 Å². The van der Waals surface area contributed by atoms with Gasteiger partial charge in [0.05, 0.1) is 0 Å². The molecule has 1 aromatic heterocycles. The summed E-state index contributed by atoms with van der Waals surface area (Å²) >= 11 is 1.73. The highest BCUT2D eigenvalue weighted by molar-refractivity contribution is 7.15. The van der Waals surface area contributed by atoms with Crippen LogP contribution in [0.15, 0.2) is 18.9 Å². The minimum atomic E-state index is 0.0817. The lowest BCUT2D eigenvalue weighted by Gasteiger charge is -2.56. The van der Waals surface area contributed by atoms with Gasteiger partial charge in [0.2, 0.25) is 5.91 Å². The SMILES string of the molecule is C=CCCCC(=O)Nc1ncc(C23CC4CC(CC(C4)C2)C3)s1. The molecule has 0 atom stereocenters. The maximum Gasteiger partial charge on any atom is 0.226 e. The van der Waals surface area contributed by atoms with Gasteiger partial charge in [0.25, 0.3) is 0 Å². The first-order valence-corrected chi connectivity index (χ1v) is 9.85. The van der Waals surface area contributed by atoms with Crippen molar-refractivity contribution in [2.24, 2.45) is 17.8 Å². The van der Waals surface area contributed by atoms with Gasteiger partial charge < -0.3 is 5.32 Å². The quantitative estimate of drug-likeness (QED) is 0.595. The Morgan fingerprint density at radius 3 is 2.57 bits per heavy atom. The predicted octanol–water partition coefficient (Wildman–Crippen LogP) is 4.91. The molecular weight excluding hydrogens is 304 g/mol. The highest BCUT2D eigenvalue weighted by Crippen LogP contribution is 2.61. The van der Waals surface area contributed by atoms with Crippen molar-refractivity contribution in [1.29, 1.82) is 0 Å². The normalized spacial score (nSPS) is 34.5. The summed E-state index contributed by atoms with van der Waals surface area (Å²) in [6, 6.07) is 0. The number of aromatic nitrogens is 1. The van der Waals surface area contributed by atoms with Gasteiger partial charge in [-0.25, -0.2) is 4.98 Å². The van der Waals surface area contributed by atoms with Crippen LogP contribution in [0.25, 0.3) is 0 Å². The van der Waals surface area contributed by atoms with Crippen LogP contribution < -0.4 is 5.32 Å². The largest absolute Gasteiger partial charge is 0.302 e. The van der Waals surface area contributed by atoms with E-state index in [2.05, 4.69) is 23.1 Å². The average Bonchev–Trinajstić information content (AvgIpc) is 2.95. The molecular formula is C19H26N2OS. The summed E-state index contributed by atoms with van der Waals surface area (Å²) in [5.74, 6) is 2.92. The van der Waals surface area contributed by atoms with Crippen molar-refractivity contribution in [2.45, 2.75) is 63.2 Å². The molecule has 4 aliphatic carbocycles. The van der Waals surface area contributed by atoms with Gasteiger partial charge in [-0.2, -0.15) is 0 Å². The highest BCUT2D eigenvalue weighted by Gasteiger charge is 2.52. The summed E-state index contributed by atoms with van der Waals surface area (Å²) in [6.07, 6.45) is 14.7. The molecule has 124 valence electrons. The number of thiazole rings is 1. The number of hydrogen-bond donors (Lipinski definition) is 1. The van der Waals surface area contributed by atoms with Crippen LogP contribution in [0.2, 0.25) is 0 Å². The Kier molecular flexibility index (Phi) is 4.04. The molecule has 1 amide bonds. The van der Waals surface area contributed by atoms with Crippen LogP contribution in [0.1, 0.15) is 62.7 Å². The first kappa shape index (κ1) is 15.4. The third kappa shape index (κ3) is 2.98. The number of carbonyl (C=O) groups is 1. The van der Waals surface area contributed by atoms with E-state index in [0.29, 0.717) is 11.8 Å². The Balaban J connectivity index is 1.44. The van der Waals surface area contributed by atoms with E-state index in [-0.39, 0.29) is 5.91 Å². The first-order valence-electron chi connectivity index (χ1n) is 9.04. The highest BCUT2D eigenvalue weighted by atomic mass is 32.1. The lowest BCUT2D eigenvalue weighted by molar-refractivity contribution is -0.116. The Bertz CT molecular complexity index is 571. The van der Waals surface area contributed by atoms with E-state index in [1.54, 1.807) is 11.3 Å². The number of anilines is 1. The van der Waals surface area contributed by atoms with Gasteiger partial charge in [-0.05, 0) is 69.1 Å². The lowest BCUT2D eigenvalue weighted by Crippen LogP contribution is -2.48. The molecule has 0 spiro atoms. The Hall–Kier alpha value is -1.16. The van der Waals surface area contributed by atoms with E-state index in [1.807, 2.05) is 6.08 Å². The zero-order valence-electron chi connectivity index (χ0n) is 13.7. The molecule has 1 aromatic rings. The molecule has 4 aliphatic rings. The summed E-state index contributed by atoms with van der Waals surface area (Å²) in [5.41, 5.74) is 0.387. The fourth-order valence-electron chi connectivity index (χ4n) is 5.58. The second kappa shape index (κ2) is 6.04. The number of rotatable bonds is 6. The second-order valence-electron chi connectivity index (χ2n) is 7.96. The molecule has 1 N–H and O–H groups in total. The van der Waals surface area contributed by atoms with E-state index >= 15 is 0 Å². The Labute approximate surface area is 142 Å². The zero-order chi connectivity index (χ0) is 15.9. The van der Waals surface area contributed by atoms with Crippen LogP contribution in [0.4, 0.5) is 5.13 Å². The summed E-state index contributed by atoms with van der Waals surface area (Å²) in [6.45, 7) is 3.69. The molecule has 4 fully saturated rings. The number of nitrogens with one attached hydrogen (secondary N) is 1. The van der Waals surface area contributed by atoms with Gasteiger partial charge in [0, 0.05) is 22.9 Å². The van der Waals surface area contributed by atoms with Gasteiger partial charge in [0.1, 0.15) is 0 Å². The third-order valence-corrected chi connectivity index (χ3v) is 7.28. The van der Waals surface area contributed by atoms with Crippen molar-refractivity contribution in [2.75, 3.05) is 5.32 Å². The fourth-order valence-corrected chi connectivity index (χ4v) is 6.63. The molecule has 3 nitrogen and oxygen atoms in total. The van der Waals surface area contributed by atoms with Crippen molar-refractivity contribution in [3.63, 3.8) is 0 Å². The van der Waals surface area contributed by atoms with Crippen LogP contribution in [-0.4, -0.2) is 10.9 Å². The monoisotopic (exact) mass is 330 g/mol. The molecule has 4 saturated carbocycles. The molecule has 23 heavy (non-hydrogen) atoms. The van der Waals surface area contributed by atoms with Crippen molar-refractivity contribution < 1.29 is 4.79 Å². The molecule has 0 saturated heterocycles. The summed E-state index contributed by atoms with van der Waals surface area (Å²) in [4.78, 5) is 17.9. The second-order valence-corrected chi connectivity index (χ2v) is 8.99. The minimum Gasteiger partial charge on any atom is -0.302 e. The number of unbranched alkanes of at least 4 members (excludes halogenated alkanes) is 1. The van der Waals surface area contributed by atoms with Crippen molar-refractivity contribution in [1.82, 2.24) is 4.98 Å². The standard InChI is InChI=1S/C19H26N2OS/c1-2-3-4-5-17(22)21-18-20-12-16(23-18)19-9-13-6-14(10-19)8-15(7-13)11-19/h2,12-15H,1,3-11H2,(H,20,21,22). The van der Waals surface area contributed by atoms with E-state index in [0.717, 1.165) is 35.7 Å². The third-order valence-electron chi connectivity index (χ3n) is 6.13. The molecule has 0 unspecified atom stereocenters. The van der Waals surface area contributed by atoms with Crippen LogP contribution in [-0.2, 0) is 10.2 Å². The number of carbonyl (C=O) groups excluding carboxylic acids is 1. The maximum absolute atomic E-state index is 12.0. The minimum absolute atomic E-state index is 0.0817. The van der Waals surface area contributed by atoms with E-state index < -0.39 is 0 Å². The van der Waals surface area contributed by atoms with Gasteiger partial charge in [-0.3, -0.25) is 4.79 Å².